The van der Waals surface area contributed by atoms with Crippen LogP contribution in [0.3, 0.4) is 0 Å². The van der Waals surface area contributed by atoms with Crippen LogP contribution in [0.4, 0.5) is 0 Å². The highest BCUT2D eigenvalue weighted by molar-refractivity contribution is 7.89. The van der Waals surface area contributed by atoms with Gasteiger partial charge in [-0.05, 0) is 48.6 Å². The van der Waals surface area contributed by atoms with Crippen LogP contribution in [0.5, 0.6) is 0 Å². The Morgan fingerprint density at radius 3 is 2.31 bits per heavy atom. The van der Waals surface area contributed by atoms with Crippen molar-refractivity contribution in [3.63, 3.8) is 0 Å². The largest absolute Gasteiger partial charge is 0.348 e. The Morgan fingerprint density at radius 1 is 1.14 bits per heavy atom. The van der Waals surface area contributed by atoms with Gasteiger partial charge >= 0.3 is 0 Å². The first-order valence-corrected chi connectivity index (χ1v) is 11.0. The van der Waals surface area contributed by atoms with Gasteiger partial charge in [0.05, 0.1) is 4.90 Å². The van der Waals surface area contributed by atoms with Gasteiger partial charge in [0.15, 0.2) is 0 Å². The van der Waals surface area contributed by atoms with Crippen LogP contribution in [0.25, 0.3) is 0 Å². The van der Waals surface area contributed by atoms with E-state index in [2.05, 4.69) is 19.2 Å². The van der Waals surface area contributed by atoms with E-state index in [9.17, 15) is 18.0 Å². The molecular formula is C21H29N3O4S. The summed E-state index contributed by atoms with van der Waals surface area (Å²) in [6.07, 6.45) is 2.58. The lowest BCUT2D eigenvalue weighted by atomic mass is 10.1. The number of benzene rings is 1. The fraction of sp³-hybridized carbons (Fsp3) is 0.429. The van der Waals surface area contributed by atoms with Crippen molar-refractivity contribution in [2.24, 2.45) is 5.92 Å². The number of carbonyl (C=O) groups excluding carboxylic acids is 1. The molecule has 158 valence electrons. The second-order valence-corrected chi connectivity index (χ2v) is 9.82. The smallest absolute Gasteiger partial charge is 0.263 e. The van der Waals surface area contributed by atoms with E-state index in [-0.39, 0.29) is 22.6 Å². The van der Waals surface area contributed by atoms with E-state index >= 15 is 0 Å². The predicted octanol–water partition coefficient (Wildman–Crippen LogP) is 2.38. The maximum Gasteiger partial charge on any atom is 0.263 e. The predicted molar refractivity (Wildman–Crippen MR) is 113 cm³/mol. The van der Waals surface area contributed by atoms with Crippen molar-refractivity contribution < 1.29 is 13.2 Å². The number of sulfonamides is 1. The molecule has 0 aliphatic heterocycles. The summed E-state index contributed by atoms with van der Waals surface area (Å²) in [7, 11) is -0.550. The van der Waals surface area contributed by atoms with Gasteiger partial charge in [-0.15, -0.1) is 0 Å². The minimum Gasteiger partial charge on any atom is -0.348 e. The third-order valence-corrected chi connectivity index (χ3v) is 6.53. The molecule has 0 fully saturated rings. The topological polar surface area (TPSA) is 88.5 Å². The van der Waals surface area contributed by atoms with Crippen LogP contribution >= 0.6 is 0 Å². The fourth-order valence-electron chi connectivity index (χ4n) is 2.78. The summed E-state index contributed by atoms with van der Waals surface area (Å²) < 4.78 is 26.9. The van der Waals surface area contributed by atoms with Gasteiger partial charge in [0.25, 0.3) is 11.5 Å². The maximum atomic E-state index is 12.7. The second kappa shape index (κ2) is 9.37. The van der Waals surface area contributed by atoms with Gasteiger partial charge in [0.1, 0.15) is 5.56 Å². The van der Waals surface area contributed by atoms with Crippen molar-refractivity contribution >= 4 is 15.9 Å². The average molecular weight is 420 g/mol. The summed E-state index contributed by atoms with van der Waals surface area (Å²) in [5, 5.41) is 2.76. The Hall–Kier alpha value is -2.45. The van der Waals surface area contributed by atoms with Crippen molar-refractivity contribution in [1.29, 1.82) is 0 Å². The molecule has 8 heteroatoms. The zero-order valence-corrected chi connectivity index (χ0v) is 18.4. The molecule has 2 rings (SSSR count). The first-order chi connectivity index (χ1) is 13.5. The summed E-state index contributed by atoms with van der Waals surface area (Å²) in [5.74, 6) is 0.0242. The molecule has 1 aromatic heterocycles. The van der Waals surface area contributed by atoms with Crippen LogP contribution in [0.15, 0.2) is 46.2 Å². The van der Waals surface area contributed by atoms with Crippen molar-refractivity contribution in [2.45, 2.75) is 45.2 Å². The molecule has 0 radical (unpaired) electrons. The third kappa shape index (κ3) is 5.55. The lowest BCUT2D eigenvalue weighted by Gasteiger charge is -2.13. The molecule has 0 bridgehead atoms. The molecule has 0 aliphatic rings. The van der Waals surface area contributed by atoms with Crippen molar-refractivity contribution in [3.8, 4) is 0 Å². The Labute approximate surface area is 172 Å². The molecule has 0 atom stereocenters. The molecule has 1 aromatic carbocycles. The van der Waals surface area contributed by atoms with Crippen molar-refractivity contribution in [1.82, 2.24) is 14.2 Å². The molecule has 29 heavy (non-hydrogen) atoms. The van der Waals surface area contributed by atoms with E-state index in [1.807, 2.05) is 0 Å². The summed E-state index contributed by atoms with van der Waals surface area (Å²) in [5.41, 5.74) is 1.21. The molecule has 0 saturated carbocycles. The zero-order chi connectivity index (χ0) is 21.8. The number of nitrogens with one attached hydrogen (secondary N) is 1. The minimum atomic E-state index is -3.49. The molecule has 0 unspecified atom stereocenters. The lowest BCUT2D eigenvalue weighted by molar-refractivity contribution is 0.0948. The van der Waals surface area contributed by atoms with Crippen molar-refractivity contribution in [3.05, 3.63) is 63.6 Å². The minimum absolute atomic E-state index is 0.142. The van der Waals surface area contributed by atoms with Gasteiger partial charge in [-0.2, -0.15) is 0 Å². The van der Waals surface area contributed by atoms with E-state index in [0.717, 1.165) is 16.3 Å². The summed E-state index contributed by atoms with van der Waals surface area (Å²) in [4.78, 5) is 25.5. The highest BCUT2D eigenvalue weighted by atomic mass is 32.2. The number of rotatable bonds is 8. The van der Waals surface area contributed by atoms with Gasteiger partial charge in [0, 0.05) is 33.4 Å². The van der Waals surface area contributed by atoms with Crippen LogP contribution in [0.1, 0.15) is 41.8 Å². The average Bonchev–Trinajstić information content (AvgIpc) is 2.65. The number of hydrogen-bond acceptors (Lipinski definition) is 4. The van der Waals surface area contributed by atoms with Crippen molar-refractivity contribution in [2.75, 3.05) is 14.1 Å². The molecule has 2 aromatic rings. The maximum absolute atomic E-state index is 12.7. The van der Waals surface area contributed by atoms with E-state index in [4.69, 9.17) is 0 Å². The molecule has 1 N–H and O–H groups in total. The SMILES string of the molecule is Cc1ccn(CCC(C)C)c(=O)c1C(=O)NCc1ccc(S(=O)(=O)N(C)C)cc1. The van der Waals surface area contributed by atoms with Crippen LogP contribution in [0.2, 0.25) is 0 Å². The van der Waals surface area contributed by atoms with Gasteiger partial charge in [-0.1, -0.05) is 26.0 Å². The summed E-state index contributed by atoms with van der Waals surface area (Å²) in [6.45, 7) is 6.67. The Kier molecular flexibility index (Phi) is 7.37. The highest BCUT2D eigenvalue weighted by Crippen LogP contribution is 2.14. The fourth-order valence-corrected chi connectivity index (χ4v) is 3.68. The van der Waals surface area contributed by atoms with Crippen LogP contribution in [-0.4, -0.2) is 37.3 Å². The number of amides is 1. The Bertz CT molecular complexity index is 1020. The number of pyridine rings is 1. The van der Waals surface area contributed by atoms with Gasteiger partial charge in [0.2, 0.25) is 10.0 Å². The van der Waals surface area contributed by atoms with Crippen LogP contribution in [-0.2, 0) is 23.1 Å². The van der Waals surface area contributed by atoms with E-state index in [0.29, 0.717) is 18.0 Å². The van der Waals surface area contributed by atoms with Gasteiger partial charge < -0.3 is 9.88 Å². The molecule has 7 nitrogen and oxygen atoms in total. The van der Waals surface area contributed by atoms with E-state index < -0.39 is 15.9 Å². The lowest BCUT2D eigenvalue weighted by Crippen LogP contribution is -2.34. The number of aromatic nitrogens is 1. The number of carbonyl (C=O) groups is 1. The molecule has 0 aliphatic carbocycles. The molecule has 0 saturated heterocycles. The Balaban J connectivity index is 2.13. The second-order valence-electron chi connectivity index (χ2n) is 7.67. The first kappa shape index (κ1) is 22.8. The van der Waals surface area contributed by atoms with Crippen LogP contribution in [0, 0.1) is 12.8 Å². The molecule has 1 heterocycles. The van der Waals surface area contributed by atoms with Crippen LogP contribution < -0.4 is 10.9 Å². The van der Waals surface area contributed by atoms with E-state index in [1.165, 1.54) is 26.2 Å². The summed E-state index contributed by atoms with van der Waals surface area (Å²) in [6, 6.07) is 8.08. The third-order valence-electron chi connectivity index (χ3n) is 4.70. The van der Waals surface area contributed by atoms with Gasteiger partial charge in [-0.25, -0.2) is 12.7 Å². The first-order valence-electron chi connectivity index (χ1n) is 9.53. The highest BCUT2D eigenvalue weighted by Gasteiger charge is 2.18. The molecular weight excluding hydrogens is 390 g/mol. The normalized spacial score (nSPS) is 11.8. The molecule has 1 amide bonds. The monoisotopic (exact) mass is 419 g/mol. The molecule has 0 spiro atoms. The number of nitrogens with zero attached hydrogens (tertiary/aromatic N) is 2. The van der Waals surface area contributed by atoms with E-state index in [1.54, 1.807) is 35.9 Å². The zero-order valence-electron chi connectivity index (χ0n) is 17.6. The van der Waals surface area contributed by atoms with Gasteiger partial charge in [-0.3, -0.25) is 9.59 Å². The number of aryl methyl sites for hydroxylation is 2. The standard InChI is InChI=1S/C21H29N3O4S/c1-15(2)10-12-24-13-11-16(3)19(21(24)26)20(25)22-14-17-6-8-18(9-7-17)29(27,28)23(4)5/h6-9,11,13,15H,10,12,14H2,1-5H3,(H,22,25). The Morgan fingerprint density at radius 2 is 1.76 bits per heavy atom. The number of hydrogen-bond donors (Lipinski definition) is 1. The summed E-state index contributed by atoms with van der Waals surface area (Å²) >= 11 is 0. The quantitative estimate of drug-likeness (QED) is 0.712.